The minimum absolute atomic E-state index is 0.166. The van der Waals surface area contributed by atoms with Gasteiger partial charge in [-0.05, 0) is 75.0 Å². The van der Waals surface area contributed by atoms with Crippen LogP contribution in [-0.4, -0.2) is 22.2 Å². The first-order valence-electron chi connectivity index (χ1n) is 7.68. The third-order valence-corrected chi connectivity index (χ3v) is 4.77. The molecular weight excluding hydrogens is 454 g/mol. The highest BCUT2D eigenvalue weighted by Gasteiger charge is 2.15. The number of ether oxygens (including phenoxy) is 1. The zero-order valence-corrected chi connectivity index (χ0v) is 17.2. The fraction of sp³-hybridized carbons (Fsp3) is 0.278. The molecule has 0 aliphatic rings. The Morgan fingerprint density at radius 1 is 1.12 bits per heavy atom. The van der Waals surface area contributed by atoms with Gasteiger partial charge in [0.1, 0.15) is 17.5 Å². The fourth-order valence-electron chi connectivity index (χ4n) is 2.23. The molecule has 134 valence electrons. The molecule has 0 heterocycles. The highest BCUT2D eigenvalue weighted by molar-refractivity contribution is 9.11. The van der Waals surface area contributed by atoms with E-state index in [1.165, 1.54) is 0 Å². The van der Waals surface area contributed by atoms with Crippen LogP contribution in [0.5, 0.6) is 17.2 Å². The summed E-state index contributed by atoms with van der Waals surface area (Å²) < 4.78 is 7.28. The van der Waals surface area contributed by atoms with Gasteiger partial charge in [0, 0.05) is 11.3 Å². The van der Waals surface area contributed by atoms with Gasteiger partial charge in [-0.15, -0.1) is 0 Å². The zero-order chi connectivity index (χ0) is 18.7. The Morgan fingerprint density at radius 3 is 2.24 bits per heavy atom. The third-order valence-electron chi connectivity index (χ3n) is 3.59. The van der Waals surface area contributed by atoms with Crippen molar-refractivity contribution < 1.29 is 19.7 Å². The van der Waals surface area contributed by atoms with Gasteiger partial charge in [-0.25, -0.2) is 0 Å². The standard InChI is InChI=1S/C18H19Br2NO4/c1-9(2)13-8-12(4-5-16(13)22)25-17-14(19)6-11(7-15(17)20)21-10(3)18(23)24/h4-10,21-22H,1-3H3,(H,23,24). The van der Waals surface area contributed by atoms with E-state index in [0.717, 1.165) is 5.56 Å². The normalized spacial score (nSPS) is 12.1. The predicted molar refractivity (Wildman–Crippen MR) is 105 cm³/mol. The lowest BCUT2D eigenvalue weighted by atomic mass is 10.0. The molecule has 2 rings (SSSR count). The van der Waals surface area contributed by atoms with Gasteiger partial charge < -0.3 is 20.3 Å². The number of rotatable bonds is 6. The summed E-state index contributed by atoms with van der Waals surface area (Å²) >= 11 is 6.91. The number of aromatic hydroxyl groups is 1. The van der Waals surface area contributed by atoms with Crippen LogP contribution in [0.15, 0.2) is 39.3 Å². The van der Waals surface area contributed by atoms with Crippen molar-refractivity contribution in [1.29, 1.82) is 0 Å². The van der Waals surface area contributed by atoms with Gasteiger partial charge >= 0.3 is 5.97 Å². The number of hydrogen-bond donors (Lipinski definition) is 3. The third kappa shape index (κ3) is 4.89. The molecule has 0 saturated carbocycles. The Morgan fingerprint density at radius 2 is 1.72 bits per heavy atom. The maximum Gasteiger partial charge on any atom is 0.325 e. The largest absolute Gasteiger partial charge is 0.508 e. The van der Waals surface area contributed by atoms with E-state index in [0.29, 0.717) is 26.1 Å². The van der Waals surface area contributed by atoms with Gasteiger partial charge in [0.2, 0.25) is 0 Å². The quantitative estimate of drug-likeness (QED) is 0.501. The van der Waals surface area contributed by atoms with Gasteiger partial charge in [-0.1, -0.05) is 13.8 Å². The number of carboxylic acids is 1. The summed E-state index contributed by atoms with van der Waals surface area (Å²) in [6.07, 6.45) is 0. The number of phenolic OH excluding ortho intramolecular Hbond substituents is 1. The molecule has 0 amide bonds. The minimum atomic E-state index is -0.933. The first kappa shape index (κ1) is 19.6. The molecule has 0 bridgehead atoms. The number of carbonyl (C=O) groups is 1. The summed E-state index contributed by atoms with van der Waals surface area (Å²) in [6.45, 7) is 5.56. The maximum absolute atomic E-state index is 11.0. The van der Waals surface area contributed by atoms with E-state index in [-0.39, 0.29) is 11.7 Å². The molecule has 1 atom stereocenters. The molecule has 2 aromatic rings. The SMILES string of the molecule is CC(Nc1cc(Br)c(Oc2ccc(O)c(C(C)C)c2)c(Br)c1)C(=O)O. The second-order valence-corrected chi connectivity index (χ2v) is 7.66. The molecule has 1 unspecified atom stereocenters. The number of aliphatic carboxylic acids is 1. The first-order chi connectivity index (χ1) is 11.7. The summed E-state index contributed by atoms with van der Waals surface area (Å²) in [4.78, 5) is 11.0. The molecule has 25 heavy (non-hydrogen) atoms. The molecule has 7 heteroatoms. The molecule has 0 aliphatic carbocycles. The van der Waals surface area contributed by atoms with E-state index in [4.69, 9.17) is 9.84 Å². The Hall–Kier alpha value is -1.73. The van der Waals surface area contributed by atoms with Crippen molar-refractivity contribution >= 4 is 43.5 Å². The van der Waals surface area contributed by atoms with Crippen molar-refractivity contribution in [1.82, 2.24) is 0 Å². The number of carboxylic acid groups (broad SMARTS) is 1. The monoisotopic (exact) mass is 471 g/mol. The lowest BCUT2D eigenvalue weighted by Gasteiger charge is -2.16. The Bertz CT molecular complexity index is 770. The van der Waals surface area contributed by atoms with Crippen molar-refractivity contribution in [2.75, 3.05) is 5.32 Å². The lowest BCUT2D eigenvalue weighted by Crippen LogP contribution is -2.25. The molecule has 2 aromatic carbocycles. The van der Waals surface area contributed by atoms with Gasteiger partial charge in [0.05, 0.1) is 8.95 Å². The topological polar surface area (TPSA) is 78.8 Å². The van der Waals surface area contributed by atoms with E-state index in [1.807, 2.05) is 13.8 Å². The van der Waals surface area contributed by atoms with Gasteiger partial charge in [-0.3, -0.25) is 4.79 Å². The number of halogens is 2. The number of phenols is 1. The van der Waals surface area contributed by atoms with Crippen molar-refractivity contribution in [2.45, 2.75) is 32.7 Å². The van der Waals surface area contributed by atoms with Crippen LogP contribution in [0.4, 0.5) is 5.69 Å². The van der Waals surface area contributed by atoms with Crippen LogP contribution in [0.25, 0.3) is 0 Å². The summed E-state index contributed by atoms with van der Waals surface area (Å²) in [5, 5.41) is 21.8. The van der Waals surface area contributed by atoms with Crippen molar-refractivity contribution in [3.63, 3.8) is 0 Å². The smallest absolute Gasteiger partial charge is 0.325 e. The number of nitrogens with one attached hydrogen (secondary N) is 1. The van der Waals surface area contributed by atoms with Crippen LogP contribution in [-0.2, 0) is 4.79 Å². The van der Waals surface area contributed by atoms with Crippen LogP contribution in [0, 0.1) is 0 Å². The highest BCUT2D eigenvalue weighted by atomic mass is 79.9. The Labute approximate surface area is 163 Å². The lowest BCUT2D eigenvalue weighted by molar-refractivity contribution is -0.137. The van der Waals surface area contributed by atoms with E-state index in [9.17, 15) is 9.90 Å². The number of benzene rings is 2. The summed E-state index contributed by atoms with van der Waals surface area (Å²) in [5.74, 6) is 0.636. The average molecular weight is 473 g/mol. The fourth-order valence-corrected chi connectivity index (χ4v) is 3.58. The molecule has 0 spiro atoms. The van der Waals surface area contributed by atoms with Crippen molar-refractivity contribution in [2.24, 2.45) is 0 Å². The van der Waals surface area contributed by atoms with E-state index in [2.05, 4.69) is 37.2 Å². The second-order valence-electron chi connectivity index (χ2n) is 5.95. The second kappa shape index (κ2) is 8.10. The van der Waals surface area contributed by atoms with Gasteiger partial charge in [0.25, 0.3) is 0 Å². The van der Waals surface area contributed by atoms with Crippen LogP contribution in [0.2, 0.25) is 0 Å². The van der Waals surface area contributed by atoms with Crippen LogP contribution in [0.3, 0.4) is 0 Å². The molecule has 3 N–H and O–H groups in total. The maximum atomic E-state index is 11.0. The number of anilines is 1. The highest BCUT2D eigenvalue weighted by Crippen LogP contribution is 2.40. The van der Waals surface area contributed by atoms with Crippen LogP contribution >= 0.6 is 31.9 Å². The summed E-state index contributed by atoms with van der Waals surface area (Å²) in [5.41, 5.74) is 1.45. The molecule has 0 aliphatic heterocycles. The van der Waals surface area contributed by atoms with Gasteiger partial charge in [0.15, 0.2) is 5.75 Å². The summed E-state index contributed by atoms with van der Waals surface area (Å²) in [6, 6.07) is 7.90. The molecule has 5 nitrogen and oxygen atoms in total. The molecule has 0 fully saturated rings. The minimum Gasteiger partial charge on any atom is -0.508 e. The van der Waals surface area contributed by atoms with Crippen molar-refractivity contribution in [3.8, 4) is 17.2 Å². The molecule has 0 aromatic heterocycles. The first-order valence-corrected chi connectivity index (χ1v) is 9.26. The van der Waals surface area contributed by atoms with E-state index >= 15 is 0 Å². The zero-order valence-electron chi connectivity index (χ0n) is 14.0. The van der Waals surface area contributed by atoms with Crippen molar-refractivity contribution in [3.05, 3.63) is 44.8 Å². The molecule has 0 saturated heterocycles. The summed E-state index contributed by atoms with van der Waals surface area (Å²) in [7, 11) is 0. The predicted octanol–water partition coefficient (Wildman–Crippen LogP) is 5.72. The molecular formula is C18H19Br2NO4. The van der Waals surface area contributed by atoms with Gasteiger partial charge in [-0.2, -0.15) is 0 Å². The molecule has 0 radical (unpaired) electrons. The Balaban J connectivity index is 2.29. The van der Waals surface area contributed by atoms with Crippen LogP contribution in [0.1, 0.15) is 32.3 Å². The van der Waals surface area contributed by atoms with Crippen LogP contribution < -0.4 is 10.1 Å². The van der Waals surface area contributed by atoms with E-state index < -0.39 is 12.0 Å². The Kier molecular flexibility index (Phi) is 6.35. The average Bonchev–Trinajstić information content (AvgIpc) is 2.52. The number of hydrogen-bond acceptors (Lipinski definition) is 4. The van der Waals surface area contributed by atoms with E-state index in [1.54, 1.807) is 37.3 Å².